The van der Waals surface area contributed by atoms with Crippen LogP contribution in [-0.4, -0.2) is 0 Å². The van der Waals surface area contributed by atoms with Crippen LogP contribution in [0.2, 0.25) is 0 Å². The number of thiophene rings is 2. The van der Waals surface area contributed by atoms with E-state index in [0.717, 1.165) is 0 Å². The van der Waals surface area contributed by atoms with Crippen LogP contribution in [0.15, 0.2) is 60.7 Å². The Balaban J connectivity index is 1.46. The van der Waals surface area contributed by atoms with Crippen LogP contribution in [0.1, 0.15) is 150 Å². The fourth-order valence-electron chi connectivity index (χ4n) is 7.77. The van der Waals surface area contributed by atoms with Gasteiger partial charge in [-0.3, -0.25) is 0 Å². The van der Waals surface area contributed by atoms with E-state index in [4.69, 9.17) is 0 Å². The second kappa shape index (κ2) is 17.1. The minimum absolute atomic E-state index is 0.111. The highest BCUT2D eigenvalue weighted by Crippen LogP contribution is 2.56. The summed E-state index contributed by atoms with van der Waals surface area (Å²) in [4.78, 5) is 5.62. The highest BCUT2D eigenvalue weighted by molar-refractivity contribution is 7.15. The van der Waals surface area contributed by atoms with Crippen molar-refractivity contribution in [2.24, 2.45) is 0 Å². The van der Waals surface area contributed by atoms with Gasteiger partial charge in [0.25, 0.3) is 0 Å². The third-order valence-electron chi connectivity index (χ3n) is 10.3. The van der Waals surface area contributed by atoms with E-state index in [1.165, 1.54) is 157 Å². The summed E-state index contributed by atoms with van der Waals surface area (Å²) in [6.45, 7) is 9.11. The Morgan fingerprint density at radius 1 is 0.444 bits per heavy atom. The molecule has 2 heterocycles. The fraction of sp³-hybridized carbons (Fsp3) is 0.535. The molecule has 0 unspecified atom stereocenters. The van der Waals surface area contributed by atoms with Gasteiger partial charge in [0, 0.05) is 24.9 Å². The molecule has 1 aliphatic carbocycles. The van der Waals surface area contributed by atoms with Crippen LogP contribution in [0, 0.1) is 13.8 Å². The van der Waals surface area contributed by atoms with Gasteiger partial charge in [-0.2, -0.15) is 0 Å². The molecular weight excluding hydrogens is 581 g/mol. The number of rotatable bonds is 20. The van der Waals surface area contributed by atoms with Crippen LogP contribution >= 0.6 is 22.7 Å². The van der Waals surface area contributed by atoms with Gasteiger partial charge in [0.05, 0.1) is 0 Å². The van der Waals surface area contributed by atoms with E-state index in [1.54, 1.807) is 11.1 Å². The van der Waals surface area contributed by atoms with Crippen molar-refractivity contribution in [2.45, 2.75) is 149 Å². The molecule has 45 heavy (non-hydrogen) atoms. The highest BCUT2D eigenvalue weighted by atomic mass is 32.1. The lowest BCUT2D eigenvalue weighted by Crippen LogP contribution is -2.25. The third kappa shape index (κ3) is 8.61. The van der Waals surface area contributed by atoms with E-state index in [0.29, 0.717) is 0 Å². The molecule has 0 saturated heterocycles. The van der Waals surface area contributed by atoms with Gasteiger partial charge in [-0.1, -0.05) is 141 Å². The van der Waals surface area contributed by atoms with Crippen LogP contribution in [0.4, 0.5) is 0 Å². The van der Waals surface area contributed by atoms with E-state index in [1.807, 2.05) is 22.7 Å². The monoisotopic (exact) mass is 638 g/mol. The van der Waals surface area contributed by atoms with Crippen molar-refractivity contribution < 1.29 is 0 Å². The second-order valence-electron chi connectivity index (χ2n) is 13.9. The molecule has 0 aliphatic heterocycles. The molecule has 2 aromatic heterocycles. The first-order chi connectivity index (χ1) is 22.1. The normalized spacial score (nSPS) is 13.3. The molecule has 0 atom stereocenters. The molecule has 1 aliphatic rings. The van der Waals surface area contributed by atoms with Gasteiger partial charge < -0.3 is 0 Å². The summed E-state index contributed by atoms with van der Waals surface area (Å²) < 4.78 is 0. The Morgan fingerprint density at radius 2 is 0.822 bits per heavy atom. The molecule has 0 fully saturated rings. The molecule has 0 nitrogen and oxygen atoms in total. The SMILES string of the molecule is CCCCCCCCCCC1(CCCCCCCCCC)c2cc(-c3ccc(C)s3)ccc2-c2ccc(-c3ccc(C)s3)cc21. The lowest BCUT2D eigenvalue weighted by atomic mass is 9.70. The molecule has 0 saturated carbocycles. The zero-order valence-corrected chi connectivity index (χ0v) is 30.5. The Morgan fingerprint density at radius 3 is 1.18 bits per heavy atom. The quantitative estimate of drug-likeness (QED) is 0.0845. The Kier molecular flexibility index (Phi) is 13.0. The zero-order chi connectivity index (χ0) is 31.5. The van der Waals surface area contributed by atoms with Gasteiger partial charge in [0.2, 0.25) is 0 Å². The van der Waals surface area contributed by atoms with Crippen molar-refractivity contribution in [2.75, 3.05) is 0 Å². The molecule has 0 amide bonds. The van der Waals surface area contributed by atoms with Crippen molar-refractivity contribution in [3.05, 3.63) is 81.5 Å². The van der Waals surface area contributed by atoms with E-state index in [9.17, 15) is 0 Å². The molecule has 0 bridgehead atoms. The third-order valence-corrected chi connectivity index (χ3v) is 12.4. The maximum atomic E-state index is 2.62. The van der Waals surface area contributed by atoms with E-state index in [2.05, 4.69) is 88.4 Å². The first-order valence-corrected chi connectivity index (χ1v) is 20.1. The zero-order valence-electron chi connectivity index (χ0n) is 28.8. The predicted octanol–water partition coefficient (Wildman–Crippen LogP) is 15.1. The average Bonchev–Trinajstić information content (AvgIpc) is 3.76. The summed E-state index contributed by atoms with van der Waals surface area (Å²) in [5.74, 6) is 0. The van der Waals surface area contributed by atoms with Crippen LogP contribution in [0.25, 0.3) is 32.0 Å². The first kappa shape index (κ1) is 34.2. The lowest BCUT2D eigenvalue weighted by molar-refractivity contribution is 0.397. The largest absolute Gasteiger partial charge is 0.141 e. The summed E-state index contributed by atoms with van der Waals surface area (Å²) in [6, 6.07) is 24.2. The molecule has 2 heteroatoms. The molecule has 4 aromatic rings. The predicted molar refractivity (Wildman–Crippen MR) is 203 cm³/mol. The molecule has 5 rings (SSSR count). The summed E-state index contributed by atoms with van der Waals surface area (Å²) in [6.07, 6.45) is 24.6. The second-order valence-corrected chi connectivity index (χ2v) is 16.4. The van der Waals surface area contributed by atoms with Crippen molar-refractivity contribution >= 4 is 22.7 Å². The number of hydrogen-bond acceptors (Lipinski definition) is 2. The molecule has 242 valence electrons. The Hall–Kier alpha value is -2.16. The molecule has 0 N–H and O–H groups in total. The minimum atomic E-state index is 0.111. The standard InChI is InChI=1S/C43H58S2/c1-5-7-9-11-13-15-17-19-29-43(30-20-18-16-14-12-10-8-6-2)39-31-35(41-27-21-33(3)44-41)23-25-37(39)38-26-24-36(32-40(38)43)42-28-22-34(4)45-42/h21-28,31-32H,5-20,29-30H2,1-4H3. The Bertz CT molecular complexity index is 1350. The van der Waals surface area contributed by atoms with E-state index >= 15 is 0 Å². The fourth-order valence-corrected chi connectivity index (χ4v) is 9.49. The number of unbranched alkanes of at least 4 members (excludes halogenated alkanes) is 14. The van der Waals surface area contributed by atoms with Crippen molar-refractivity contribution in [1.82, 2.24) is 0 Å². The summed E-state index contributed by atoms with van der Waals surface area (Å²) >= 11 is 3.88. The number of benzene rings is 2. The maximum Gasteiger partial charge on any atom is 0.0345 e. The van der Waals surface area contributed by atoms with Crippen molar-refractivity contribution in [1.29, 1.82) is 0 Å². The van der Waals surface area contributed by atoms with Crippen LogP contribution in [-0.2, 0) is 5.41 Å². The van der Waals surface area contributed by atoms with Gasteiger partial charge in [-0.15, -0.1) is 22.7 Å². The summed E-state index contributed by atoms with van der Waals surface area (Å²) in [7, 11) is 0. The lowest BCUT2D eigenvalue weighted by Gasteiger charge is -2.33. The van der Waals surface area contributed by atoms with Gasteiger partial charge in [0.1, 0.15) is 0 Å². The molecular formula is C43H58S2. The topological polar surface area (TPSA) is 0 Å². The molecule has 0 radical (unpaired) electrons. The van der Waals surface area contributed by atoms with Gasteiger partial charge >= 0.3 is 0 Å². The maximum absolute atomic E-state index is 2.62. The van der Waals surface area contributed by atoms with Crippen LogP contribution in [0.5, 0.6) is 0 Å². The van der Waals surface area contributed by atoms with Crippen molar-refractivity contribution in [3.8, 4) is 32.0 Å². The van der Waals surface area contributed by atoms with Gasteiger partial charge in [-0.25, -0.2) is 0 Å². The van der Waals surface area contributed by atoms with E-state index in [-0.39, 0.29) is 5.41 Å². The molecule has 0 spiro atoms. The highest BCUT2D eigenvalue weighted by Gasteiger charge is 2.42. The number of fused-ring (bicyclic) bond motifs is 3. The van der Waals surface area contributed by atoms with Crippen molar-refractivity contribution in [3.63, 3.8) is 0 Å². The first-order valence-electron chi connectivity index (χ1n) is 18.5. The Labute approximate surface area is 283 Å². The number of aryl methyl sites for hydroxylation is 2. The van der Waals surface area contributed by atoms with Gasteiger partial charge in [-0.05, 0) is 96.5 Å². The summed E-state index contributed by atoms with van der Waals surface area (Å²) in [5.41, 5.74) is 9.15. The van der Waals surface area contributed by atoms with Crippen LogP contribution in [0.3, 0.4) is 0 Å². The smallest absolute Gasteiger partial charge is 0.0345 e. The minimum Gasteiger partial charge on any atom is -0.141 e. The average molecular weight is 639 g/mol. The van der Waals surface area contributed by atoms with E-state index < -0.39 is 0 Å². The van der Waals surface area contributed by atoms with Gasteiger partial charge in [0.15, 0.2) is 0 Å². The molecule has 2 aromatic carbocycles. The van der Waals surface area contributed by atoms with Crippen LogP contribution < -0.4 is 0 Å². The summed E-state index contributed by atoms with van der Waals surface area (Å²) in [5, 5.41) is 0. The number of hydrogen-bond donors (Lipinski definition) is 0.